The van der Waals surface area contributed by atoms with Gasteiger partial charge in [-0.1, -0.05) is 42.5 Å². The fraction of sp³-hybridized carbons (Fsp3) is 0.238. The molecule has 4 nitrogen and oxygen atoms in total. The van der Waals surface area contributed by atoms with E-state index in [1.165, 1.54) is 16.8 Å². The van der Waals surface area contributed by atoms with Gasteiger partial charge in [-0.2, -0.15) is 10.4 Å². The number of benzene rings is 2. The van der Waals surface area contributed by atoms with Crippen LogP contribution in [0, 0.1) is 11.3 Å². The minimum absolute atomic E-state index is 0.676. The molecule has 4 heteroatoms. The summed E-state index contributed by atoms with van der Waals surface area (Å²) in [6, 6.07) is 20.4. The van der Waals surface area contributed by atoms with E-state index in [0.717, 1.165) is 43.7 Å². The summed E-state index contributed by atoms with van der Waals surface area (Å²) in [4.78, 5) is 0. The van der Waals surface area contributed by atoms with Crippen molar-refractivity contribution in [2.45, 2.75) is 19.4 Å². The molecule has 1 aliphatic rings. The summed E-state index contributed by atoms with van der Waals surface area (Å²) >= 11 is 0. The first kappa shape index (κ1) is 15.6. The molecule has 0 bridgehead atoms. The van der Waals surface area contributed by atoms with Gasteiger partial charge in [0.1, 0.15) is 0 Å². The van der Waals surface area contributed by atoms with Crippen molar-refractivity contribution in [2.75, 3.05) is 13.1 Å². The molecular weight excluding hydrogens is 308 g/mol. The Kier molecular flexibility index (Phi) is 4.32. The molecular formula is C21H20N4. The summed E-state index contributed by atoms with van der Waals surface area (Å²) in [6.45, 7) is 2.72. The number of nitrogens with one attached hydrogen (secondary N) is 1. The van der Waals surface area contributed by atoms with Crippen molar-refractivity contribution in [3.8, 4) is 17.3 Å². The third-order valence-electron chi connectivity index (χ3n) is 4.70. The van der Waals surface area contributed by atoms with Crippen molar-refractivity contribution in [3.05, 3.63) is 77.0 Å². The molecule has 0 atom stereocenters. The second kappa shape index (κ2) is 6.92. The lowest BCUT2D eigenvalue weighted by atomic mass is 10.0. The molecule has 4 rings (SSSR count). The minimum Gasteiger partial charge on any atom is -0.316 e. The average molecular weight is 328 g/mol. The quantitative estimate of drug-likeness (QED) is 0.803. The normalized spacial score (nSPS) is 13.7. The van der Waals surface area contributed by atoms with Crippen LogP contribution in [0.4, 0.5) is 0 Å². The van der Waals surface area contributed by atoms with E-state index in [0.29, 0.717) is 5.56 Å². The smallest absolute Gasteiger partial charge is 0.0991 e. The summed E-state index contributed by atoms with van der Waals surface area (Å²) in [5.41, 5.74) is 6.61. The van der Waals surface area contributed by atoms with Crippen LogP contribution >= 0.6 is 0 Å². The number of hydrogen-bond donors (Lipinski definition) is 1. The highest BCUT2D eigenvalue weighted by molar-refractivity contribution is 5.66. The van der Waals surface area contributed by atoms with Crippen molar-refractivity contribution in [1.29, 1.82) is 5.26 Å². The number of nitriles is 1. The molecule has 0 saturated carbocycles. The Labute approximate surface area is 147 Å². The number of fused-ring (bicyclic) bond motifs is 1. The molecule has 0 amide bonds. The molecule has 25 heavy (non-hydrogen) atoms. The van der Waals surface area contributed by atoms with Gasteiger partial charge in [0.15, 0.2) is 0 Å². The van der Waals surface area contributed by atoms with Crippen LogP contribution in [0.1, 0.15) is 22.4 Å². The topological polar surface area (TPSA) is 53.6 Å². The van der Waals surface area contributed by atoms with Gasteiger partial charge in [0, 0.05) is 29.8 Å². The van der Waals surface area contributed by atoms with E-state index in [1.807, 2.05) is 24.3 Å². The van der Waals surface area contributed by atoms with Crippen LogP contribution in [0.2, 0.25) is 0 Å². The lowest BCUT2D eigenvalue weighted by Gasteiger charge is -2.07. The Balaban J connectivity index is 1.80. The maximum Gasteiger partial charge on any atom is 0.0991 e. The van der Waals surface area contributed by atoms with Gasteiger partial charge in [0.05, 0.1) is 23.9 Å². The van der Waals surface area contributed by atoms with Gasteiger partial charge < -0.3 is 5.32 Å². The van der Waals surface area contributed by atoms with E-state index >= 15 is 0 Å². The van der Waals surface area contributed by atoms with Crippen molar-refractivity contribution in [1.82, 2.24) is 15.1 Å². The molecule has 0 spiro atoms. The van der Waals surface area contributed by atoms with E-state index < -0.39 is 0 Å². The summed E-state index contributed by atoms with van der Waals surface area (Å²) in [5, 5.41) is 17.6. The zero-order valence-electron chi connectivity index (χ0n) is 14.1. The van der Waals surface area contributed by atoms with Crippen LogP contribution in [0.15, 0.2) is 54.6 Å². The molecule has 3 aromatic rings. The van der Waals surface area contributed by atoms with E-state index in [4.69, 9.17) is 5.10 Å². The van der Waals surface area contributed by atoms with E-state index in [-0.39, 0.29) is 0 Å². The Hall–Kier alpha value is -2.90. The Morgan fingerprint density at radius 2 is 1.88 bits per heavy atom. The Morgan fingerprint density at radius 3 is 2.72 bits per heavy atom. The molecule has 1 N–H and O–H groups in total. The van der Waals surface area contributed by atoms with Crippen LogP contribution in [-0.4, -0.2) is 22.9 Å². The largest absolute Gasteiger partial charge is 0.316 e. The zero-order chi connectivity index (χ0) is 17.1. The van der Waals surface area contributed by atoms with Crippen molar-refractivity contribution in [3.63, 3.8) is 0 Å². The molecule has 1 aliphatic heterocycles. The molecule has 2 heterocycles. The molecule has 124 valence electrons. The summed E-state index contributed by atoms with van der Waals surface area (Å²) in [7, 11) is 0. The fourth-order valence-electron chi connectivity index (χ4n) is 3.48. The highest BCUT2D eigenvalue weighted by Crippen LogP contribution is 2.28. The van der Waals surface area contributed by atoms with E-state index in [9.17, 15) is 5.26 Å². The lowest BCUT2D eigenvalue weighted by molar-refractivity contribution is 0.628. The second-order valence-corrected chi connectivity index (χ2v) is 6.36. The van der Waals surface area contributed by atoms with Crippen LogP contribution in [0.5, 0.6) is 0 Å². The monoisotopic (exact) mass is 328 g/mol. The van der Waals surface area contributed by atoms with Gasteiger partial charge in [-0.25, -0.2) is 0 Å². The molecule has 1 aromatic heterocycles. The van der Waals surface area contributed by atoms with Crippen molar-refractivity contribution >= 4 is 0 Å². The van der Waals surface area contributed by atoms with Crippen molar-refractivity contribution in [2.24, 2.45) is 0 Å². The van der Waals surface area contributed by atoms with Crippen LogP contribution in [-0.2, 0) is 19.4 Å². The van der Waals surface area contributed by atoms with Gasteiger partial charge in [0.25, 0.3) is 0 Å². The van der Waals surface area contributed by atoms with E-state index in [1.54, 1.807) is 0 Å². The van der Waals surface area contributed by atoms with Gasteiger partial charge in [0.2, 0.25) is 0 Å². The highest BCUT2D eigenvalue weighted by Gasteiger charge is 2.20. The lowest BCUT2D eigenvalue weighted by Crippen LogP contribution is -2.17. The standard InChI is InChI=1S/C21H20N4/c22-14-17-7-4-8-18(13-17)21-19-9-11-23-12-10-20(19)25(24-21)15-16-5-2-1-3-6-16/h1-8,13,23H,9-12,15H2. The maximum absolute atomic E-state index is 9.21. The maximum atomic E-state index is 9.21. The number of nitrogens with zero attached hydrogens (tertiary/aromatic N) is 3. The predicted octanol–water partition coefficient (Wildman–Crippen LogP) is 3.16. The molecule has 0 saturated heterocycles. The Bertz CT molecular complexity index is 919. The molecule has 0 aliphatic carbocycles. The van der Waals surface area contributed by atoms with Gasteiger partial charge >= 0.3 is 0 Å². The first-order valence-corrected chi connectivity index (χ1v) is 8.69. The summed E-state index contributed by atoms with van der Waals surface area (Å²) in [5.74, 6) is 0. The van der Waals surface area contributed by atoms with Gasteiger partial charge in [-0.15, -0.1) is 0 Å². The van der Waals surface area contributed by atoms with E-state index in [2.05, 4.69) is 46.4 Å². The van der Waals surface area contributed by atoms with Crippen LogP contribution in [0.25, 0.3) is 11.3 Å². The SMILES string of the molecule is N#Cc1cccc(-c2nn(Cc3ccccc3)c3c2CCNCC3)c1. The first-order chi connectivity index (χ1) is 12.3. The molecule has 2 aromatic carbocycles. The van der Waals surface area contributed by atoms with Crippen molar-refractivity contribution < 1.29 is 0 Å². The minimum atomic E-state index is 0.676. The number of hydrogen-bond acceptors (Lipinski definition) is 3. The third kappa shape index (κ3) is 3.19. The highest BCUT2D eigenvalue weighted by atomic mass is 15.3. The Morgan fingerprint density at radius 1 is 1.04 bits per heavy atom. The van der Waals surface area contributed by atoms with Gasteiger partial charge in [-0.05, 0) is 30.7 Å². The number of aromatic nitrogens is 2. The second-order valence-electron chi connectivity index (χ2n) is 6.36. The summed E-state index contributed by atoms with van der Waals surface area (Å²) in [6.07, 6.45) is 1.95. The summed E-state index contributed by atoms with van der Waals surface area (Å²) < 4.78 is 2.14. The van der Waals surface area contributed by atoms with Crippen LogP contribution in [0.3, 0.4) is 0 Å². The molecule has 0 fully saturated rings. The third-order valence-corrected chi connectivity index (χ3v) is 4.70. The van der Waals surface area contributed by atoms with Crippen LogP contribution < -0.4 is 5.32 Å². The predicted molar refractivity (Wildman–Crippen MR) is 98.2 cm³/mol. The van der Waals surface area contributed by atoms with Gasteiger partial charge in [-0.3, -0.25) is 4.68 Å². The first-order valence-electron chi connectivity index (χ1n) is 8.69. The molecule has 0 unspecified atom stereocenters. The fourth-order valence-corrected chi connectivity index (χ4v) is 3.48. The average Bonchev–Trinajstić information content (AvgIpc) is 2.84. The molecule has 0 radical (unpaired) electrons. The number of rotatable bonds is 3. The zero-order valence-corrected chi connectivity index (χ0v) is 14.1.